The average Bonchev–Trinajstić information content (AvgIpc) is 2.81. The first kappa shape index (κ1) is 17.0. The normalized spacial score (nSPS) is 11.8. The minimum Gasteiger partial charge on any atom is -0.491 e. The van der Waals surface area contributed by atoms with Gasteiger partial charge in [-0.25, -0.2) is 12.4 Å². The lowest BCUT2D eigenvalue weighted by Gasteiger charge is -2.10. The summed E-state index contributed by atoms with van der Waals surface area (Å²) in [5.74, 6) is 0.539. The third kappa shape index (κ3) is 2.74. The van der Waals surface area contributed by atoms with Gasteiger partial charge in [-0.3, -0.25) is 0 Å². The van der Waals surface area contributed by atoms with Crippen LogP contribution in [-0.4, -0.2) is 19.0 Å². The van der Waals surface area contributed by atoms with Gasteiger partial charge in [-0.1, -0.05) is 33.6 Å². The number of benzene rings is 2. The lowest BCUT2D eigenvalue weighted by Crippen LogP contribution is -2.14. The van der Waals surface area contributed by atoms with Crippen LogP contribution in [0.5, 0.6) is 5.75 Å². The first-order valence-corrected chi connectivity index (χ1v) is 9.64. The van der Waals surface area contributed by atoms with Crippen LogP contribution in [0.3, 0.4) is 0 Å². The molecule has 0 fully saturated rings. The van der Waals surface area contributed by atoms with Gasteiger partial charge >= 0.3 is 0 Å². The van der Waals surface area contributed by atoms with Crippen LogP contribution < -0.4 is 4.74 Å². The Morgan fingerprint density at radius 1 is 1.12 bits per heavy atom. The highest BCUT2D eigenvalue weighted by Gasteiger charge is 2.25. The van der Waals surface area contributed by atoms with E-state index in [0.717, 1.165) is 15.4 Å². The fraction of sp³-hybridized carbons (Fsp3) is 0.167. The smallest absolute Gasteiger partial charge is 0.268 e. The van der Waals surface area contributed by atoms with Crippen molar-refractivity contribution in [2.75, 3.05) is 6.61 Å². The summed E-state index contributed by atoms with van der Waals surface area (Å²) in [4.78, 5) is 0.247. The lowest BCUT2D eigenvalue weighted by atomic mass is 10.2. The predicted molar refractivity (Wildman–Crippen MR) is 99.0 cm³/mol. The van der Waals surface area contributed by atoms with Crippen molar-refractivity contribution in [3.8, 4) is 5.75 Å². The van der Waals surface area contributed by atoms with Gasteiger partial charge in [0.05, 0.1) is 22.7 Å². The molecule has 0 bridgehead atoms. The summed E-state index contributed by atoms with van der Waals surface area (Å²) in [5, 5.41) is 0.737. The van der Waals surface area contributed by atoms with Crippen LogP contribution in [0.25, 0.3) is 10.9 Å². The van der Waals surface area contributed by atoms with E-state index in [0.29, 0.717) is 17.0 Å². The molecule has 0 unspecified atom stereocenters. The van der Waals surface area contributed by atoms with Gasteiger partial charge in [0.2, 0.25) is 0 Å². The number of halogens is 1. The summed E-state index contributed by atoms with van der Waals surface area (Å²) in [6.07, 6.45) is 0. The molecule has 0 atom stereocenters. The molecule has 2 aromatic carbocycles. The fourth-order valence-electron chi connectivity index (χ4n) is 2.74. The summed E-state index contributed by atoms with van der Waals surface area (Å²) < 4.78 is 34.1. The number of nitrogens with zero attached hydrogens (tertiary/aromatic N) is 1. The number of hydrogen-bond donors (Lipinski definition) is 0. The first-order valence-electron chi connectivity index (χ1n) is 7.41. The van der Waals surface area contributed by atoms with Crippen molar-refractivity contribution in [2.24, 2.45) is 0 Å². The van der Waals surface area contributed by atoms with Crippen molar-refractivity contribution in [1.82, 2.24) is 3.97 Å². The molecule has 0 aliphatic rings. The Morgan fingerprint density at radius 3 is 2.42 bits per heavy atom. The minimum absolute atomic E-state index is 0.219. The van der Waals surface area contributed by atoms with Crippen molar-refractivity contribution >= 4 is 36.9 Å². The molecule has 4 nitrogen and oxygen atoms in total. The molecular formula is C18H17BrNO3S. The monoisotopic (exact) mass is 406 g/mol. The number of aryl methyl sites for hydroxylation is 1. The maximum Gasteiger partial charge on any atom is 0.268 e. The zero-order valence-corrected chi connectivity index (χ0v) is 15.8. The Bertz CT molecular complexity index is 1000. The topological polar surface area (TPSA) is 48.3 Å². The van der Waals surface area contributed by atoms with Gasteiger partial charge < -0.3 is 4.74 Å². The Balaban J connectivity index is 2.33. The van der Waals surface area contributed by atoms with E-state index < -0.39 is 10.0 Å². The molecule has 1 heterocycles. The molecule has 0 N–H and O–H groups in total. The third-order valence-corrected chi connectivity index (χ3v) is 6.17. The second-order valence-corrected chi connectivity index (χ2v) is 8.21. The number of aromatic nitrogens is 1. The molecule has 0 saturated carbocycles. The van der Waals surface area contributed by atoms with Crippen LogP contribution in [0.15, 0.2) is 51.8 Å². The Hall–Kier alpha value is -1.79. The van der Waals surface area contributed by atoms with E-state index in [-0.39, 0.29) is 11.5 Å². The van der Waals surface area contributed by atoms with Crippen LogP contribution in [0, 0.1) is 20.8 Å². The fourth-order valence-corrected chi connectivity index (χ4v) is 4.66. The standard InChI is InChI=1S/C18H17BrNO3S/c1-4-23-18-13(3)20(17-10-7-14(19)11-16(17)18)24(21,22)15-8-5-12(2)6-9-15/h5-11H,1,4H2,2-3H3. The molecule has 0 amide bonds. The molecule has 125 valence electrons. The first-order chi connectivity index (χ1) is 11.4. The van der Waals surface area contributed by atoms with Crippen LogP contribution in [-0.2, 0) is 10.0 Å². The van der Waals surface area contributed by atoms with Gasteiger partial charge in [0, 0.05) is 9.86 Å². The molecule has 0 saturated heterocycles. The summed E-state index contributed by atoms with van der Waals surface area (Å²) in [6.45, 7) is 7.58. The molecule has 1 aromatic heterocycles. The van der Waals surface area contributed by atoms with E-state index in [1.807, 2.05) is 19.1 Å². The number of hydrogen-bond acceptors (Lipinski definition) is 3. The summed E-state index contributed by atoms with van der Waals surface area (Å²) in [7, 11) is -3.72. The highest BCUT2D eigenvalue weighted by molar-refractivity contribution is 9.10. The largest absolute Gasteiger partial charge is 0.491 e. The maximum atomic E-state index is 13.2. The predicted octanol–water partition coefficient (Wildman–Crippen LogP) is 4.47. The lowest BCUT2D eigenvalue weighted by molar-refractivity contribution is 0.362. The molecule has 3 aromatic rings. The van der Waals surface area contributed by atoms with Crippen molar-refractivity contribution in [3.05, 3.63) is 65.1 Å². The van der Waals surface area contributed by atoms with Crippen molar-refractivity contribution in [2.45, 2.75) is 18.7 Å². The number of ether oxygens (including phenoxy) is 1. The van der Waals surface area contributed by atoms with Crippen LogP contribution >= 0.6 is 15.9 Å². The quantitative estimate of drug-likeness (QED) is 0.641. The SMILES string of the molecule is [CH2]COc1c(C)n(S(=O)(=O)c2ccc(C)cc2)c2ccc(Br)cc12. The highest BCUT2D eigenvalue weighted by Crippen LogP contribution is 2.37. The van der Waals surface area contributed by atoms with Gasteiger partial charge in [0.1, 0.15) is 5.75 Å². The molecule has 3 rings (SSSR count). The molecule has 0 aliphatic carbocycles. The van der Waals surface area contributed by atoms with E-state index >= 15 is 0 Å². The molecule has 1 radical (unpaired) electrons. The highest BCUT2D eigenvalue weighted by atomic mass is 79.9. The van der Waals surface area contributed by atoms with E-state index in [1.165, 1.54) is 3.97 Å². The Morgan fingerprint density at radius 2 is 1.79 bits per heavy atom. The zero-order chi connectivity index (χ0) is 17.5. The molecule has 0 spiro atoms. The van der Waals surface area contributed by atoms with Gasteiger partial charge in [0.25, 0.3) is 10.0 Å². The number of fused-ring (bicyclic) bond motifs is 1. The van der Waals surface area contributed by atoms with E-state index in [4.69, 9.17) is 4.74 Å². The van der Waals surface area contributed by atoms with Gasteiger partial charge in [-0.2, -0.15) is 0 Å². The molecular weight excluding hydrogens is 390 g/mol. The van der Waals surface area contributed by atoms with E-state index in [2.05, 4.69) is 22.9 Å². The Labute approximate surface area is 150 Å². The molecule has 24 heavy (non-hydrogen) atoms. The molecule has 6 heteroatoms. The Kier molecular flexibility index (Phi) is 4.44. The van der Waals surface area contributed by atoms with Crippen molar-refractivity contribution in [1.29, 1.82) is 0 Å². The maximum absolute atomic E-state index is 13.2. The van der Waals surface area contributed by atoms with E-state index in [1.54, 1.807) is 37.3 Å². The van der Waals surface area contributed by atoms with Crippen molar-refractivity contribution < 1.29 is 13.2 Å². The average molecular weight is 407 g/mol. The zero-order valence-electron chi connectivity index (χ0n) is 13.4. The second kappa shape index (κ2) is 6.26. The van der Waals surface area contributed by atoms with Gasteiger partial charge in [-0.05, 0) is 51.1 Å². The second-order valence-electron chi connectivity index (χ2n) is 5.51. The van der Waals surface area contributed by atoms with E-state index in [9.17, 15) is 8.42 Å². The third-order valence-electron chi connectivity index (χ3n) is 3.86. The van der Waals surface area contributed by atoms with Crippen LogP contribution in [0.1, 0.15) is 11.3 Å². The number of rotatable bonds is 4. The molecule has 0 aliphatic heterocycles. The van der Waals surface area contributed by atoms with Crippen molar-refractivity contribution in [3.63, 3.8) is 0 Å². The van der Waals surface area contributed by atoms with Gasteiger partial charge in [-0.15, -0.1) is 0 Å². The summed E-state index contributed by atoms with van der Waals surface area (Å²) in [6, 6.07) is 12.3. The summed E-state index contributed by atoms with van der Waals surface area (Å²) in [5.41, 5.74) is 2.13. The summed E-state index contributed by atoms with van der Waals surface area (Å²) >= 11 is 3.42. The van der Waals surface area contributed by atoms with Crippen LogP contribution in [0.2, 0.25) is 0 Å². The van der Waals surface area contributed by atoms with Gasteiger partial charge in [0.15, 0.2) is 0 Å². The minimum atomic E-state index is -3.72. The van der Waals surface area contributed by atoms with Crippen LogP contribution in [0.4, 0.5) is 0 Å².